The van der Waals surface area contributed by atoms with E-state index in [9.17, 15) is 4.79 Å². The second-order valence-electron chi connectivity index (χ2n) is 2.44. The van der Waals surface area contributed by atoms with Crippen LogP contribution in [0.4, 0.5) is 0 Å². The van der Waals surface area contributed by atoms with Crippen LogP contribution in [-0.2, 0) is 0 Å². The van der Waals surface area contributed by atoms with Crippen molar-refractivity contribution in [2.45, 2.75) is 5.02 Å². The van der Waals surface area contributed by atoms with Crippen molar-refractivity contribution in [1.82, 2.24) is 0 Å². The molecule has 0 aromatic heterocycles. The zero-order chi connectivity index (χ0) is 10.6. The van der Waals surface area contributed by atoms with Crippen LogP contribution >= 0.6 is 23.2 Å². The first kappa shape index (κ1) is 11.1. The predicted octanol–water partition coefficient (Wildman–Crippen LogP) is 3.20. The molecule has 0 aliphatic heterocycles. The first-order valence-electron chi connectivity index (χ1n) is 3.85. The highest BCUT2D eigenvalue weighted by Gasteiger charge is 2.10. The molecule has 0 fully saturated rings. The maximum Gasteiger partial charge on any atom is 0.247 e. The summed E-state index contributed by atoms with van der Waals surface area (Å²) >= 11 is 10.9. The van der Waals surface area contributed by atoms with Gasteiger partial charge in [-0.05, 0) is 18.2 Å². The van der Waals surface area contributed by atoms with E-state index in [4.69, 9.17) is 27.9 Å². The van der Waals surface area contributed by atoms with Crippen molar-refractivity contribution in [3.05, 3.63) is 42.5 Å². The van der Waals surface area contributed by atoms with Gasteiger partial charge in [-0.2, -0.15) is 0 Å². The molecule has 4 heteroatoms. The lowest BCUT2D eigenvalue weighted by atomic mass is 10.1. The Morgan fingerprint density at radius 1 is 1.43 bits per heavy atom. The summed E-state index contributed by atoms with van der Waals surface area (Å²) in [5.41, 5.74) is 0.397. The molecule has 0 spiro atoms. The van der Waals surface area contributed by atoms with E-state index in [1.807, 2.05) is 0 Å². The zero-order valence-corrected chi connectivity index (χ0v) is 8.76. The molecule has 0 saturated heterocycles. The molecular weight excluding hydrogens is 223 g/mol. The Bertz CT molecular complexity index is 348. The minimum absolute atomic E-state index is 0.227. The van der Waals surface area contributed by atoms with Crippen molar-refractivity contribution < 1.29 is 9.53 Å². The van der Waals surface area contributed by atoms with Gasteiger partial charge < -0.3 is 4.74 Å². The van der Waals surface area contributed by atoms with Gasteiger partial charge in [-0.1, -0.05) is 41.9 Å². The number of carbonyl (C=O) groups excluding carboxylic acids is 1. The molecule has 0 amide bonds. The number of rotatable bonds is 4. The lowest BCUT2D eigenvalue weighted by molar-refractivity contribution is 0.104. The molecule has 0 unspecified atom stereocenters. The van der Waals surface area contributed by atoms with E-state index < -0.39 is 5.02 Å². The highest BCUT2D eigenvalue weighted by atomic mass is 35.5. The fourth-order valence-corrected chi connectivity index (χ4v) is 1.17. The molecule has 14 heavy (non-hydrogen) atoms. The summed E-state index contributed by atoms with van der Waals surface area (Å²) in [5, 5.41) is -0.992. The van der Waals surface area contributed by atoms with Gasteiger partial charge in [0.25, 0.3) is 0 Å². The van der Waals surface area contributed by atoms with Crippen LogP contribution in [0.25, 0.3) is 0 Å². The van der Waals surface area contributed by atoms with E-state index in [2.05, 4.69) is 6.58 Å². The highest BCUT2D eigenvalue weighted by molar-refractivity contribution is 6.43. The summed E-state index contributed by atoms with van der Waals surface area (Å²) < 4.78 is 5.03. The van der Waals surface area contributed by atoms with Gasteiger partial charge in [0.15, 0.2) is 5.78 Å². The highest BCUT2D eigenvalue weighted by Crippen LogP contribution is 2.22. The largest absolute Gasteiger partial charge is 0.460 e. The summed E-state index contributed by atoms with van der Waals surface area (Å²) in [5.74, 6) is 0.127. The number of benzene rings is 1. The third-order valence-corrected chi connectivity index (χ3v) is 1.73. The summed E-state index contributed by atoms with van der Waals surface area (Å²) in [6.45, 7) is 3.39. The first-order valence-corrected chi connectivity index (χ1v) is 4.73. The van der Waals surface area contributed by atoms with Crippen molar-refractivity contribution >= 4 is 29.0 Å². The molecule has 0 radical (unpaired) electrons. The van der Waals surface area contributed by atoms with Crippen LogP contribution in [0.1, 0.15) is 10.4 Å². The van der Waals surface area contributed by atoms with Gasteiger partial charge in [0.1, 0.15) is 5.75 Å². The quantitative estimate of drug-likeness (QED) is 0.451. The third kappa shape index (κ3) is 2.76. The minimum atomic E-state index is -0.992. The van der Waals surface area contributed by atoms with Crippen LogP contribution in [-0.4, -0.2) is 10.8 Å². The molecule has 0 bridgehead atoms. The SMILES string of the molecule is C=CC(=O)c1ccccc1OC(Cl)Cl. The number of allylic oxidation sites excluding steroid dienone is 1. The van der Waals surface area contributed by atoms with Gasteiger partial charge in [0, 0.05) is 0 Å². The molecule has 0 saturated carbocycles. The van der Waals surface area contributed by atoms with Gasteiger partial charge >= 0.3 is 0 Å². The molecule has 1 aromatic rings. The Morgan fingerprint density at radius 2 is 2.07 bits per heavy atom. The zero-order valence-electron chi connectivity index (χ0n) is 7.24. The van der Waals surface area contributed by atoms with Gasteiger partial charge in [-0.3, -0.25) is 4.79 Å². The fourth-order valence-electron chi connectivity index (χ4n) is 0.979. The second kappa shape index (κ2) is 5.03. The van der Waals surface area contributed by atoms with E-state index >= 15 is 0 Å². The Balaban J connectivity index is 3.02. The number of para-hydroxylation sites is 1. The molecular formula is C10H8Cl2O2. The van der Waals surface area contributed by atoms with E-state index in [1.165, 1.54) is 6.08 Å². The summed E-state index contributed by atoms with van der Waals surface area (Å²) in [4.78, 5) is 11.3. The van der Waals surface area contributed by atoms with Crippen LogP contribution in [0.2, 0.25) is 0 Å². The molecule has 1 rings (SSSR count). The number of alkyl halides is 2. The van der Waals surface area contributed by atoms with E-state index in [1.54, 1.807) is 24.3 Å². The molecule has 2 nitrogen and oxygen atoms in total. The minimum Gasteiger partial charge on any atom is -0.460 e. The van der Waals surface area contributed by atoms with Gasteiger partial charge in [0.05, 0.1) is 5.56 Å². The number of ether oxygens (including phenoxy) is 1. The predicted molar refractivity (Wildman–Crippen MR) is 57.1 cm³/mol. The Hall–Kier alpha value is -0.990. The summed E-state index contributed by atoms with van der Waals surface area (Å²) in [7, 11) is 0. The molecule has 74 valence electrons. The summed E-state index contributed by atoms with van der Waals surface area (Å²) in [6.07, 6.45) is 1.21. The van der Waals surface area contributed by atoms with Crippen LogP contribution in [0.3, 0.4) is 0 Å². The lowest BCUT2D eigenvalue weighted by Crippen LogP contribution is -2.04. The second-order valence-corrected chi connectivity index (χ2v) is 3.46. The standard InChI is InChI=1S/C10H8Cl2O2/c1-2-8(13)7-5-3-4-6-9(7)14-10(11)12/h2-6,10H,1H2. The Morgan fingerprint density at radius 3 is 2.64 bits per heavy atom. The molecule has 0 N–H and O–H groups in total. The Kier molecular flexibility index (Phi) is 3.98. The average Bonchev–Trinajstić information content (AvgIpc) is 2.16. The number of carbonyl (C=O) groups is 1. The number of hydrogen-bond acceptors (Lipinski definition) is 2. The maximum absolute atomic E-state index is 11.3. The molecule has 1 aromatic carbocycles. The smallest absolute Gasteiger partial charge is 0.247 e. The van der Waals surface area contributed by atoms with Crippen LogP contribution in [0.5, 0.6) is 5.75 Å². The van der Waals surface area contributed by atoms with Crippen molar-refractivity contribution in [2.24, 2.45) is 0 Å². The van der Waals surface area contributed by atoms with Crippen LogP contribution in [0, 0.1) is 0 Å². The molecule has 0 aliphatic rings. The lowest BCUT2D eigenvalue weighted by Gasteiger charge is -2.09. The van der Waals surface area contributed by atoms with Crippen molar-refractivity contribution in [2.75, 3.05) is 0 Å². The van der Waals surface area contributed by atoms with Crippen molar-refractivity contribution in [3.8, 4) is 5.75 Å². The topological polar surface area (TPSA) is 26.3 Å². The molecule has 0 aliphatic carbocycles. The Labute approximate surface area is 92.1 Å². The van der Waals surface area contributed by atoms with Crippen molar-refractivity contribution in [3.63, 3.8) is 0 Å². The van der Waals surface area contributed by atoms with Crippen LogP contribution < -0.4 is 4.74 Å². The number of halogens is 2. The molecule has 0 heterocycles. The normalized spacial score (nSPS) is 9.93. The monoisotopic (exact) mass is 230 g/mol. The number of ketones is 1. The number of hydrogen-bond donors (Lipinski definition) is 0. The van der Waals surface area contributed by atoms with Crippen molar-refractivity contribution in [1.29, 1.82) is 0 Å². The average molecular weight is 231 g/mol. The van der Waals surface area contributed by atoms with E-state index in [0.29, 0.717) is 11.3 Å². The van der Waals surface area contributed by atoms with E-state index in [0.717, 1.165) is 0 Å². The third-order valence-electron chi connectivity index (χ3n) is 1.55. The maximum atomic E-state index is 11.3. The van der Waals surface area contributed by atoms with Crippen LogP contribution in [0.15, 0.2) is 36.9 Å². The van der Waals surface area contributed by atoms with Gasteiger partial charge in [0.2, 0.25) is 5.02 Å². The summed E-state index contributed by atoms with van der Waals surface area (Å²) in [6, 6.07) is 6.69. The first-order chi connectivity index (χ1) is 6.65. The fraction of sp³-hybridized carbons (Fsp3) is 0.100. The molecule has 0 atom stereocenters. The van der Waals surface area contributed by atoms with Gasteiger partial charge in [-0.15, -0.1) is 0 Å². The van der Waals surface area contributed by atoms with E-state index in [-0.39, 0.29) is 5.78 Å². The van der Waals surface area contributed by atoms with Gasteiger partial charge in [-0.25, -0.2) is 0 Å².